The van der Waals surface area contributed by atoms with Crippen molar-refractivity contribution in [1.29, 1.82) is 0 Å². The summed E-state index contributed by atoms with van der Waals surface area (Å²) in [5.41, 5.74) is 0.177. The summed E-state index contributed by atoms with van der Waals surface area (Å²) < 4.78 is 11.4. The molecule has 0 saturated heterocycles. The SMILES string of the molecule is COC1CCCCC1(CN(C)C(=O)OC(C)(C)C)c1ccc(Cl)c(Cl)c1. The highest BCUT2D eigenvalue weighted by Gasteiger charge is 2.44. The summed E-state index contributed by atoms with van der Waals surface area (Å²) in [6.45, 7) is 6.10. The fourth-order valence-corrected chi connectivity index (χ4v) is 4.08. The molecule has 0 spiro atoms. The van der Waals surface area contributed by atoms with E-state index in [4.69, 9.17) is 32.7 Å². The van der Waals surface area contributed by atoms with Crippen LogP contribution in [0.4, 0.5) is 4.79 Å². The first-order valence-electron chi connectivity index (χ1n) is 9.01. The van der Waals surface area contributed by atoms with Crippen molar-refractivity contribution in [2.75, 3.05) is 20.7 Å². The van der Waals surface area contributed by atoms with Gasteiger partial charge < -0.3 is 14.4 Å². The summed E-state index contributed by atoms with van der Waals surface area (Å²) in [6.07, 6.45) is 3.70. The lowest BCUT2D eigenvalue weighted by Crippen LogP contribution is -2.52. The predicted octanol–water partition coefficient (Wildman–Crippen LogP) is 5.69. The fourth-order valence-electron chi connectivity index (χ4n) is 3.79. The van der Waals surface area contributed by atoms with Gasteiger partial charge in [0, 0.05) is 26.1 Å². The zero-order valence-electron chi connectivity index (χ0n) is 16.3. The van der Waals surface area contributed by atoms with E-state index in [2.05, 4.69) is 0 Å². The van der Waals surface area contributed by atoms with Crippen molar-refractivity contribution >= 4 is 29.3 Å². The average Bonchev–Trinajstić information content (AvgIpc) is 2.56. The first-order valence-corrected chi connectivity index (χ1v) is 9.77. The molecule has 0 radical (unpaired) electrons. The number of ether oxygens (including phenoxy) is 2. The van der Waals surface area contributed by atoms with E-state index in [1.807, 2.05) is 39.0 Å². The lowest BCUT2D eigenvalue weighted by molar-refractivity contribution is -0.0201. The Morgan fingerprint density at radius 3 is 2.54 bits per heavy atom. The molecule has 0 aromatic heterocycles. The number of rotatable bonds is 4. The zero-order valence-corrected chi connectivity index (χ0v) is 17.8. The highest BCUT2D eigenvalue weighted by molar-refractivity contribution is 6.42. The summed E-state index contributed by atoms with van der Waals surface area (Å²) in [5.74, 6) is 0. The van der Waals surface area contributed by atoms with Crippen LogP contribution < -0.4 is 0 Å². The van der Waals surface area contributed by atoms with Crippen molar-refractivity contribution in [2.24, 2.45) is 0 Å². The molecular weight excluding hydrogens is 373 g/mol. The maximum Gasteiger partial charge on any atom is 0.410 e. The molecule has 4 nitrogen and oxygen atoms in total. The normalized spacial score (nSPS) is 23.6. The van der Waals surface area contributed by atoms with Gasteiger partial charge in [-0.15, -0.1) is 0 Å². The minimum absolute atomic E-state index is 0.00150. The van der Waals surface area contributed by atoms with Crippen molar-refractivity contribution in [2.45, 2.75) is 63.6 Å². The number of amides is 1. The smallest absolute Gasteiger partial charge is 0.410 e. The van der Waals surface area contributed by atoms with Crippen molar-refractivity contribution in [3.63, 3.8) is 0 Å². The highest BCUT2D eigenvalue weighted by atomic mass is 35.5. The van der Waals surface area contributed by atoms with Crippen LogP contribution in [0.2, 0.25) is 10.0 Å². The lowest BCUT2D eigenvalue weighted by atomic mass is 9.67. The first-order chi connectivity index (χ1) is 12.1. The Hall–Kier alpha value is -0.970. The molecule has 1 aliphatic carbocycles. The van der Waals surface area contributed by atoms with E-state index in [-0.39, 0.29) is 17.6 Å². The van der Waals surface area contributed by atoms with E-state index in [0.717, 1.165) is 31.2 Å². The first kappa shape index (κ1) is 21.3. The van der Waals surface area contributed by atoms with Crippen molar-refractivity contribution in [3.8, 4) is 0 Å². The van der Waals surface area contributed by atoms with Gasteiger partial charge >= 0.3 is 6.09 Å². The molecule has 1 aromatic carbocycles. The molecule has 146 valence electrons. The molecule has 1 aromatic rings. The van der Waals surface area contributed by atoms with Crippen LogP contribution in [0, 0.1) is 0 Å². The molecule has 26 heavy (non-hydrogen) atoms. The minimum atomic E-state index is -0.532. The van der Waals surface area contributed by atoms with E-state index in [9.17, 15) is 4.79 Å². The van der Waals surface area contributed by atoms with E-state index in [1.165, 1.54) is 0 Å². The topological polar surface area (TPSA) is 38.8 Å². The molecule has 0 N–H and O–H groups in total. The van der Waals surface area contributed by atoms with Crippen molar-refractivity contribution < 1.29 is 14.3 Å². The van der Waals surface area contributed by atoms with Crippen LogP contribution in [0.3, 0.4) is 0 Å². The van der Waals surface area contributed by atoms with E-state index in [0.29, 0.717) is 16.6 Å². The number of carbonyl (C=O) groups is 1. The van der Waals surface area contributed by atoms with Gasteiger partial charge in [-0.05, 0) is 51.3 Å². The Morgan fingerprint density at radius 2 is 1.96 bits per heavy atom. The Kier molecular flexibility index (Phi) is 6.86. The maximum atomic E-state index is 12.5. The van der Waals surface area contributed by atoms with Crippen LogP contribution in [0.1, 0.15) is 52.0 Å². The molecule has 0 aliphatic heterocycles. The number of likely N-dealkylation sites (N-methyl/N-ethyl adjacent to an activating group) is 1. The second-order valence-corrected chi connectivity index (χ2v) is 8.91. The molecule has 1 amide bonds. The molecule has 2 rings (SSSR count). The van der Waals surface area contributed by atoms with Gasteiger partial charge in [0.05, 0.1) is 16.1 Å². The number of methoxy groups -OCH3 is 1. The molecule has 1 saturated carbocycles. The number of hydrogen-bond acceptors (Lipinski definition) is 3. The number of halogens is 2. The molecular formula is C20H29Cl2NO3. The third kappa shape index (κ3) is 4.85. The summed E-state index contributed by atoms with van der Waals surface area (Å²) in [6, 6.07) is 5.72. The Morgan fingerprint density at radius 1 is 1.27 bits per heavy atom. The van der Waals surface area contributed by atoms with Crippen molar-refractivity contribution in [3.05, 3.63) is 33.8 Å². The second-order valence-electron chi connectivity index (χ2n) is 8.09. The van der Waals surface area contributed by atoms with Gasteiger partial charge in [-0.1, -0.05) is 42.1 Å². The maximum absolute atomic E-state index is 12.5. The van der Waals surface area contributed by atoms with Gasteiger partial charge in [-0.2, -0.15) is 0 Å². The van der Waals surface area contributed by atoms with Crippen LogP contribution in [0.25, 0.3) is 0 Å². The quantitative estimate of drug-likeness (QED) is 0.650. The van der Waals surface area contributed by atoms with Crippen LogP contribution >= 0.6 is 23.2 Å². The molecule has 2 atom stereocenters. The largest absolute Gasteiger partial charge is 0.444 e. The van der Waals surface area contributed by atoms with E-state index >= 15 is 0 Å². The van der Waals surface area contributed by atoms with Gasteiger partial charge in [-0.25, -0.2) is 4.79 Å². The van der Waals surface area contributed by atoms with Gasteiger partial charge in [0.25, 0.3) is 0 Å². The summed E-state index contributed by atoms with van der Waals surface area (Å²) in [5, 5.41) is 1.04. The zero-order chi connectivity index (χ0) is 19.5. The molecule has 2 unspecified atom stereocenters. The predicted molar refractivity (Wildman–Crippen MR) is 106 cm³/mol. The highest BCUT2D eigenvalue weighted by Crippen LogP contribution is 2.43. The summed E-state index contributed by atoms with van der Waals surface area (Å²) in [4.78, 5) is 14.2. The van der Waals surface area contributed by atoms with Gasteiger partial charge in [0.15, 0.2) is 0 Å². The number of carbonyl (C=O) groups excluding carboxylic acids is 1. The fraction of sp³-hybridized carbons (Fsp3) is 0.650. The van der Waals surface area contributed by atoms with Gasteiger partial charge in [-0.3, -0.25) is 0 Å². The molecule has 6 heteroatoms. The van der Waals surface area contributed by atoms with Crippen LogP contribution in [-0.2, 0) is 14.9 Å². The molecule has 1 aliphatic rings. The molecule has 0 heterocycles. The summed E-state index contributed by atoms with van der Waals surface area (Å²) >= 11 is 12.4. The van der Waals surface area contributed by atoms with Crippen molar-refractivity contribution in [1.82, 2.24) is 4.90 Å². The third-order valence-corrected chi connectivity index (χ3v) is 5.70. The van der Waals surface area contributed by atoms with Crippen LogP contribution in [-0.4, -0.2) is 43.4 Å². The van der Waals surface area contributed by atoms with E-state index < -0.39 is 5.60 Å². The second kappa shape index (κ2) is 8.37. The van der Waals surface area contributed by atoms with Crippen LogP contribution in [0.15, 0.2) is 18.2 Å². The van der Waals surface area contributed by atoms with E-state index in [1.54, 1.807) is 19.1 Å². The monoisotopic (exact) mass is 401 g/mol. The van der Waals surface area contributed by atoms with Crippen LogP contribution in [0.5, 0.6) is 0 Å². The Balaban J connectivity index is 2.38. The minimum Gasteiger partial charge on any atom is -0.444 e. The number of nitrogens with zero attached hydrogens (tertiary/aromatic N) is 1. The Bertz CT molecular complexity index is 644. The van der Waals surface area contributed by atoms with Gasteiger partial charge in [0.2, 0.25) is 0 Å². The van der Waals surface area contributed by atoms with Gasteiger partial charge in [0.1, 0.15) is 5.60 Å². The molecule has 1 fully saturated rings. The lowest BCUT2D eigenvalue weighted by Gasteiger charge is -2.46. The number of hydrogen-bond donors (Lipinski definition) is 0. The third-order valence-electron chi connectivity index (χ3n) is 4.96. The average molecular weight is 402 g/mol. The summed E-state index contributed by atoms with van der Waals surface area (Å²) in [7, 11) is 3.50. The standard InChI is InChI=1S/C20H29Cl2NO3/c1-19(2,3)26-18(24)23(4)13-20(11-7-6-8-17(20)25-5)14-9-10-15(21)16(22)12-14/h9-10,12,17H,6-8,11,13H2,1-5H3. The number of benzene rings is 1. The Labute approximate surface area is 166 Å². The molecule has 0 bridgehead atoms.